The molecule has 122 valence electrons. The minimum Gasteiger partial charge on any atom is -0.375 e. The number of hydrogen-bond acceptors (Lipinski definition) is 3. The van der Waals surface area contributed by atoms with E-state index in [-0.39, 0.29) is 6.10 Å². The molecule has 0 aliphatic heterocycles. The van der Waals surface area contributed by atoms with E-state index in [9.17, 15) is 0 Å². The lowest BCUT2D eigenvalue weighted by Crippen LogP contribution is -2.25. The fourth-order valence-corrected chi connectivity index (χ4v) is 2.10. The molecule has 0 bridgehead atoms. The summed E-state index contributed by atoms with van der Waals surface area (Å²) in [6.07, 6.45) is 1.64. The second-order valence-electron chi connectivity index (χ2n) is 5.25. The first kappa shape index (κ1) is 17.4. The predicted octanol–water partition coefficient (Wildman–Crippen LogP) is 3.99. The van der Waals surface area contributed by atoms with Crippen molar-refractivity contribution < 1.29 is 14.2 Å². The van der Waals surface area contributed by atoms with Crippen molar-refractivity contribution >= 4 is 0 Å². The monoisotopic (exact) mass is 312 g/mol. The molecule has 0 heterocycles. The van der Waals surface area contributed by atoms with Crippen LogP contribution in [-0.4, -0.2) is 25.9 Å². The molecular weight excluding hydrogens is 288 g/mol. The summed E-state index contributed by atoms with van der Waals surface area (Å²) in [6, 6.07) is 20.2. The van der Waals surface area contributed by atoms with Gasteiger partial charge < -0.3 is 14.2 Å². The highest BCUT2D eigenvalue weighted by Crippen LogP contribution is 2.07. The quantitative estimate of drug-likeness (QED) is 0.464. The maximum absolute atomic E-state index is 5.93. The van der Waals surface area contributed by atoms with Crippen molar-refractivity contribution in [3.05, 3.63) is 84.4 Å². The molecule has 0 fully saturated rings. The van der Waals surface area contributed by atoms with Crippen molar-refractivity contribution in [2.75, 3.05) is 19.8 Å². The van der Waals surface area contributed by atoms with E-state index in [0.29, 0.717) is 33.0 Å². The Bertz CT molecular complexity index is 539. The van der Waals surface area contributed by atoms with Gasteiger partial charge in [-0.1, -0.05) is 66.7 Å². The largest absolute Gasteiger partial charge is 0.375 e. The second-order valence-corrected chi connectivity index (χ2v) is 5.25. The predicted molar refractivity (Wildman–Crippen MR) is 92.1 cm³/mol. The van der Waals surface area contributed by atoms with E-state index in [4.69, 9.17) is 14.2 Å². The zero-order valence-electron chi connectivity index (χ0n) is 13.4. The van der Waals surface area contributed by atoms with Gasteiger partial charge in [0.05, 0.1) is 33.0 Å². The Morgan fingerprint density at radius 2 is 1.35 bits per heavy atom. The van der Waals surface area contributed by atoms with Gasteiger partial charge in [-0.15, -0.1) is 6.58 Å². The van der Waals surface area contributed by atoms with Gasteiger partial charge in [0.2, 0.25) is 0 Å². The first-order valence-electron chi connectivity index (χ1n) is 7.84. The third-order valence-corrected chi connectivity index (χ3v) is 3.28. The van der Waals surface area contributed by atoms with Gasteiger partial charge in [0.15, 0.2) is 0 Å². The highest BCUT2D eigenvalue weighted by Gasteiger charge is 2.10. The minimum atomic E-state index is -0.0983. The molecule has 3 nitrogen and oxygen atoms in total. The van der Waals surface area contributed by atoms with E-state index < -0.39 is 0 Å². The lowest BCUT2D eigenvalue weighted by atomic mass is 10.2. The fraction of sp³-hybridized carbons (Fsp3) is 0.300. The van der Waals surface area contributed by atoms with Gasteiger partial charge in [-0.25, -0.2) is 0 Å². The van der Waals surface area contributed by atoms with Crippen molar-refractivity contribution in [3.8, 4) is 0 Å². The van der Waals surface area contributed by atoms with Crippen LogP contribution in [0.3, 0.4) is 0 Å². The summed E-state index contributed by atoms with van der Waals surface area (Å²) < 4.78 is 17.2. The molecule has 0 N–H and O–H groups in total. The van der Waals surface area contributed by atoms with Crippen LogP contribution in [-0.2, 0) is 27.4 Å². The summed E-state index contributed by atoms with van der Waals surface area (Å²) in [5, 5.41) is 0. The zero-order valence-corrected chi connectivity index (χ0v) is 13.4. The molecular formula is C20H24O3. The topological polar surface area (TPSA) is 27.7 Å². The molecule has 23 heavy (non-hydrogen) atoms. The van der Waals surface area contributed by atoms with E-state index in [1.165, 1.54) is 0 Å². The lowest BCUT2D eigenvalue weighted by molar-refractivity contribution is -0.0662. The standard InChI is InChI=1S/C20H24O3/c1-2-13-21-16-20(23-15-19-11-7-4-8-12-19)17-22-14-18-9-5-3-6-10-18/h2-12,20H,1,13-17H2. The van der Waals surface area contributed by atoms with Gasteiger partial charge >= 0.3 is 0 Å². The van der Waals surface area contributed by atoms with E-state index in [1.807, 2.05) is 60.7 Å². The molecule has 1 unspecified atom stereocenters. The maximum Gasteiger partial charge on any atom is 0.105 e. The van der Waals surface area contributed by atoms with Crippen molar-refractivity contribution in [2.45, 2.75) is 19.3 Å². The maximum atomic E-state index is 5.93. The number of ether oxygens (including phenoxy) is 3. The molecule has 0 saturated carbocycles. The van der Waals surface area contributed by atoms with Gasteiger partial charge in [0, 0.05) is 0 Å². The number of rotatable bonds is 11. The summed E-state index contributed by atoms with van der Waals surface area (Å²) in [4.78, 5) is 0. The van der Waals surface area contributed by atoms with Crippen LogP contribution in [0.2, 0.25) is 0 Å². The minimum absolute atomic E-state index is 0.0983. The molecule has 0 aliphatic carbocycles. The summed E-state index contributed by atoms with van der Waals surface area (Å²) in [6.45, 7) is 6.30. The van der Waals surface area contributed by atoms with E-state index in [2.05, 4.69) is 6.58 Å². The second kappa shape index (κ2) is 10.7. The number of hydrogen-bond donors (Lipinski definition) is 0. The molecule has 2 rings (SSSR count). The highest BCUT2D eigenvalue weighted by molar-refractivity contribution is 5.14. The molecule has 0 spiro atoms. The molecule has 0 aromatic heterocycles. The molecule has 1 atom stereocenters. The van der Waals surface area contributed by atoms with Gasteiger partial charge in [-0.05, 0) is 11.1 Å². The van der Waals surface area contributed by atoms with Crippen molar-refractivity contribution in [3.63, 3.8) is 0 Å². The van der Waals surface area contributed by atoms with E-state index in [0.717, 1.165) is 11.1 Å². The molecule has 0 aliphatic rings. The first-order valence-corrected chi connectivity index (χ1v) is 7.84. The Labute approximate surface area is 138 Å². The van der Waals surface area contributed by atoms with Gasteiger partial charge in [0.25, 0.3) is 0 Å². The average Bonchev–Trinajstić information content (AvgIpc) is 2.61. The Hall–Kier alpha value is -1.94. The molecule has 0 amide bonds. The third kappa shape index (κ3) is 7.24. The van der Waals surface area contributed by atoms with Crippen molar-refractivity contribution in [2.24, 2.45) is 0 Å². The molecule has 3 heteroatoms. The fourth-order valence-electron chi connectivity index (χ4n) is 2.10. The summed E-state index contributed by atoms with van der Waals surface area (Å²) >= 11 is 0. The molecule has 0 radical (unpaired) electrons. The van der Waals surface area contributed by atoms with Crippen LogP contribution >= 0.6 is 0 Å². The summed E-state index contributed by atoms with van der Waals surface area (Å²) in [7, 11) is 0. The SMILES string of the molecule is C=CCOCC(COCc1ccccc1)OCc1ccccc1. The van der Waals surface area contributed by atoms with Crippen LogP contribution in [0.1, 0.15) is 11.1 Å². The van der Waals surface area contributed by atoms with Gasteiger partial charge in [-0.2, -0.15) is 0 Å². The van der Waals surface area contributed by atoms with E-state index in [1.54, 1.807) is 6.08 Å². The first-order chi connectivity index (χ1) is 11.4. The normalized spacial score (nSPS) is 12.0. The van der Waals surface area contributed by atoms with Gasteiger partial charge in [0.1, 0.15) is 6.10 Å². The Morgan fingerprint density at radius 1 is 0.783 bits per heavy atom. The van der Waals surface area contributed by atoms with Crippen LogP contribution in [0.15, 0.2) is 73.3 Å². The molecule has 2 aromatic rings. The Morgan fingerprint density at radius 3 is 1.96 bits per heavy atom. The lowest BCUT2D eigenvalue weighted by Gasteiger charge is -2.18. The average molecular weight is 312 g/mol. The van der Waals surface area contributed by atoms with Crippen LogP contribution < -0.4 is 0 Å². The van der Waals surface area contributed by atoms with Crippen molar-refractivity contribution in [1.29, 1.82) is 0 Å². The zero-order chi connectivity index (χ0) is 16.2. The van der Waals surface area contributed by atoms with Crippen LogP contribution in [0.4, 0.5) is 0 Å². The third-order valence-electron chi connectivity index (χ3n) is 3.28. The Balaban J connectivity index is 1.77. The van der Waals surface area contributed by atoms with Crippen LogP contribution in [0.5, 0.6) is 0 Å². The molecule has 0 saturated heterocycles. The highest BCUT2D eigenvalue weighted by atomic mass is 16.6. The van der Waals surface area contributed by atoms with Crippen LogP contribution in [0.25, 0.3) is 0 Å². The Kier molecular flexibility index (Phi) is 8.12. The smallest absolute Gasteiger partial charge is 0.105 e. The summed E-state index contributed by atoms with van der Waals surface area (Å²) in [5.41, 5.74) is 2.30. The van der Waals surface area contributed by atoms with E-state index >= 15 is 0 Å². The molecule has 2 aromatic carbocycles. The number of benzene rings is 2. The van der Waals surface area contributed by atoms with Gasteiger partial charge in [-0.3, -0.25) is 0 Å². The summed E-state index contributed by atoms with van der Waals surface area (Å²) in [5.74, 6) is 0. The van der Waals surface area contributed by atoms with Crippen LogP contribution in [0, 0.1) is 0 Å². The van der Waals surface area contributed by atoms with Crippen molar-refractivity contribution in [1.82, 2.24) is 0 Å².